The molecule has 20 heavy (non-hydrogen) atoms. The van der Waals surface area contributed by atoms with Crippen LogP contribution >= 0.6 is 0 Å². The van der Waals surface area contributed by atoms with Crippen molar-refractivity contribution in [1.29, 1.82) is 0 Å². The van der Waals surface area contributed by atoms with Crippen LogP contribution in [0.25, 0.3) is 0 Å². The van der Waals surface area contributed by atoms with Crippen molar-refractivity contribution in [1.82, 2.24) is 5.32 Å². The van der Waals surface area contributed by atoms with Gasteiger partial charge >= 0.3 is 0 Å². The van der Waals surface area contributed by atoms with Crippen LogP contribution in [0.1, 0.15) is 24.2 Å². The summed E-state index contributed by atoms with van der Waals surface area (Å²) >= 11 is 0. The number of ether oxygens (including phenoxy) is 2. The standard InChI is InChI=1S/C15H23NO4/c1-3-19-11-15(18)16-10-14(20-9-8-17)13-6-4-12(2)5-7-13/h4-7,14,17H,3,8-11H2,1-2H3,(H,16,18). The second-order valence-electron chi connectivity index (χ2n) is 4.43. The third kappa shape index (κ3) is 6.14. The molecule has 1 amide bonds. The van der Waals surface area contributed by atoms with E-state index in [-0.39, 0.29) is 31.8 Å². The van der Waals surface area contributed by atoms with Crippen LogP contribution in [0, 0.1) is 6.92 Å². The van der Waals surface area contributed by atoms with E-state index in [0.29, 0.717) is 13.2 Å². The number of rotatable bonds is 9. The molecule has 0 aliphatic heterocycles. The summed E-state index contributed by atoms with van der Waals surface area (Å²) in [5.41, 5.74) is 2.13. The first-order valence-corrected chi connectivity index (χ1v) is 6.80. The number of nitrogens with one attached hydrogen (secondary N) is 1. The van der Waals surface area contributed by atoms with Gasteiger partial charge in [-0.2, -0.15) is 0 Å². The highest BCUT2D eigenvalue weighted by Gasteiger charge is 2.13. The minimum Gasteiger partial charge on any atom is -0.394 e. The van der Waals surface area contributed by atoms with Crippen molar-refractivity contribution in [2.24, 2.45) is 0 Å². The Bertz CT molecular complexity index is 391. The molecule has 0 heterocycles. The van der Waals surface area contributed by atoms with Crippen molar-refractivity contribution >= 4 is 5.91 Å². The number of carbonyl (C=O) groups is 1. The van der Waals surface area contributed by atoms with Crippen molar-refractivity contribution in [3.8, 4) is 0 Å². The maximum Gasteiger partial charge on any atom is 0.246 e. The molecule has 0 aromatic heterocycles. The lowest BCUT2D eigenvalue weighted by Gasteiger charge is -2.19. The van der Waals surface area contributed by atoms with Gasteiger partial charge in [-0.05, 0) is 19.4 Å². The molecule has 1 aromatic carbocycles. The molecule has 0 aliphatic carbocycles. The Labute approximate surface area is 119 Å². The summed E-state index contributed by atoms with van der Waals surface area (Å²) in [4.78, 5) is 11.5. The van der Waals surface area contributed by atoms with Gasteiger partial charge in [0.2, 0.25) is 5.91 Å². The van der Waals surface area contributed by atoms with Gasteiger partial charge in [-0.1, -0.05) is 29.8 Å². The first kappa shape index (κ1) is 16.6. The minimum atomic E-state index is -0.270. The van der Waals surface area contributed by atoms with Crippen molar-refractivity contribution in [3.63, 3.8) is 0 Å². The minimum absolute atomic E-state index is 0.0464. The number of amides is 1. The van der Waals surface area contributed by atoms with Gasteiger partial charge in [0.05, 0.1) is 19.3 Å². The van der Waals surface area contributed by atoms with Crippen LogP contribution in [-0.4, -0.2) is 44.0 Å². The predicted molar refractivity (Wildman–Crippen MR) is 76.5 cm³/mol. The molecule has 1 rings (SSSR count). The van der Waals surface area contributed by atoms with Crippen LogP contribution < -0.4 is 5.32 Å². The highest BCUT2D eigenvalue weighted by atomic mass is 16.5. The summed E-state index contributed by atoms with van der Waals surface area (Å²) in [6.45, 7) is 4.96. The van der Waals surface area contributed by atoms with Crippen LogP contribution in [-0.2, 0) is 14.3 Å². The topological polar surface area (TPSA) is 67.8 Å². The number of aliphatic hydroxyl groups is 1. The van der Waals surface area contributed by atoms with Gasteiger partial charge in [0.25, 0.3) is 0 Å². The molecule has 5 heteroatoms. The SMILES string of the molecule is CCOCC(=O)NCC(OCCO)c1ccc(C)cc1. The van der Waals surface area contributed by atoms with Gasteiger partial charge in [-0.15, -0.1) is 0 Å². The average molecular weight is 281 g/mol. The first-order chi connectivity index (χ1) is 9.67. The second-order valence-corrected chi connectivity index (χ2v) is 4.43. The van der Waals surface area contributed by atoms with Crippen molar-refractivity contribution < 1.29 is 19.4 Å². The number of hydrogen-bond donors (Lipinski definition) is 2. The summed E-state index contributed by atoms with van der Waals surface area (Å²) in [6, 6.07) is 7.91. The summed E-state index contributed by atoms with van der Waals surface area (Å²) < 4.78 is 10.6. The summed E-state index contributed by atoms with van der Waals surface area (Å²) in [5, 5.41) is 11.6. The van der Waals surface area contributed by atoms with E-state index in [0.717, 1.165) is 11.1 Å². The number of carbonyl (C=O) groups excluding carboxylic acids is 1. The molecule has 5 nitrogen and oxygen atoms in total. The summed E-state index contributed by atoms with van der Waals surface area (Å²) in [5.74, 6) is -0.170. The summed E-state index contributed by atoms with van der Waals surface area (Å²) in [7, 11) is 0. The maximum atomic E-state index is 11.5. The van der Waals surface area contributed by atoms with Crippen LogP contribution in [0.5, 0.6) is 0 Å². The van der Waals surface area contributed by atoms with Crippen LogP contribution in [0.2, 0.25) is 0 Å². The highest BCUT2D eigenvalue weighted by molar-refractivity contribution is 5.77. The van der Waals surface area contributed by atoms with Gasteiger partial charge in [0.1, 0.15) is 6.61 Å². The third-order valence-electron chi connectivity index (χ3n) is 2.78. The number of aryl methyl sites for hydroxylation is 1. The van der Waals surface area contributed by atoms with Gasteiger partial charge in [-0.25, -0.2) is 0 Å². The fourth-order valence-electron chi connectivity index (χ4n) is 1.70. The van der Waals surface area contributed by atoms with Crippen LogP contribution in [0.4, 0.5) is 0 Å². The first-order valence-electron chi connectivity index (χ1n) is 6.80. The Morgan fingerprint density at radius 3 is 2.65 bits per heavy atom. The molecular formula is C15H23NO4. The number of aliphatic hydroxyl groups excluding tert-OH is 1. The Balaban J connectivity index is 2.55. The molecule has 0 fully saturated rings. The Kier molecular flexibility index (Phi) is 7.87. The Morgan fingerprint density at radius 1 is 1.35 bits per heavy atom. The molecule has 0 saturated carbocycles. The normalized spacial score (nSPS) is 12.2. The molecule has 112 valence electrons. The summed E-state index contributed by atoms with van der Waals surface area (Å²) in [6.07, 6.45) is -0.270. The molecule has 0 spiro atoms. The fraction of sp³-hybridized carbons (Fsp3) is 0.533. The van der Waals surface area contributed by atoms with E-state index in [1.807, 2.05) is 38.1 Å². The van der Waals surface area contributed by atoms with Gasteiger partial charge < -0.3 is 19.9 Å². The molecule has 1 atom stereocenters. The lowest BCUT2D eigenvalue weighted by atomic mass is 10.1. The third-order valence-corrected chi connectivity index (χ3v) is 2.78. The molecule has 0 bridgehead atoms. The molecule has 1 aromatic rings. The smallest absolute Gasteiger partial charge is 0.246 e. The van der Waals surface area contributed by atoms with Crippen molar-refractivity contribution in [2.75, 3.05) is 33.0 Å². The molecular weight excluding hydrogens is 258 g/mol. The van der Waals surface area contributed by atoms with E-state index in [9.17, 15) is 4.79 Å². The Hall–Kier alpha value is -1.43. The number of benzene rings is 1. The van der Waals surface area contributed by atoms with Crippen molar-refractivity contribution in [3.05, 3.63) is 35.4 Å². The molecule has 0 saturated heterocycles. The van der Waals surface area contributed by atoms with E-state index < -0.39 is 0 Å². The molecule has 2 N–H and O–H groups in total. The lowest BCUT2D eigenvalue weighted by Crippen LogP contribution is -2.32. The molecule has 1 unspecified atom stereocenters. The monoisotopic (exact) mass is 281 g/mol. The molecule has 0 aliphatic rings. The fourth-order valence-corrected chi connectivity index (χ4v) is 1.70. The van der Waals surface area contributed by atoms with E-state index in [4.69, 9.17) is 14.6 Å². The number of hydrogen-bond acceptors (Lipinski definition) is 4. The van der Waals surface area contributed by atoms with E-state index >= 15 is 0 Å². The largest absolute Gasteiger partial charge is 0.394 e. The van der Waals surface area contributed by atoms with Crippen LogP contribution in [0.15, 0.2) is 24.3 Å². The van der Waals surface area contributed by atoms with E-state index in [1.54, 1.807) is 0 Å². The quantitative estimate of drug-likeness (QED) is 0.713. The van der Waals surface area contributed by atoms with Gasteiger partial charge in [0, 0.05) is 13.2 Å². The van der Waals surface area contributed by atoms with Gasteiger partial charge in [-0.3, -0.25) is 4.79 Å². The zero-order chi connectivity index (χ0) is 14.8. The average Bonchev–Trinajstić information content (AvgIpc) is 2.46. The van der Waals surface area contributed by atoms with Gasteiger partial charge in [0.15, 0.2) is 0 Å². The van der Waals surface area contributed by atoms with Crippen LogP contribution in [0.3, 0.4) is 0 Å². The van der Waals surface area contributed by atoms with Crippen molar-refractivity contribution in [2.45, 2.75) is 20.0 Å². The Morgan fingerprint density at radius 2 is 2.05 bits per heavy atom. The zero-order valence-corrected chi connectivity index (χ0v) is 12.1. The zero-order valence-electron chi connectivity index (χ0n) is 12.1. The maximum absolute atomic E-state index is 11.5. The van der Waals surface area contributed by atoms with E-state index in [2.05, 4.69) is 5.32 Å². The highest BCUT2D eigenvalue weighted by Crippen LogP contribution is 2.17. The second kappa shape index (κ2) is 9.47. The molecule has 0 radical (unpaired) electrons. The lowest BCUT2D eigenvalue weighted by molar-refractivity contribution is -0.126. The van der Waals surface area contributed by atoms with E-state index in [1.165, 1.54) is 0 Å². The predicted octanol–water partition coefficient (Wildman–Crippen LogP) is 1.20.